The molecule has 0 unspecified atom stereocenters. The van der Waals surface area contributed by atoms with Gasteiger partial charge in [0.1, 0.15) is 11.4 Å². The van der Waals surface area contributed by atoms with Gasteiger partial charge in [-0.15, -0.1) is 0 Å². The van der Waals surface area contributed by atoms with Crippen molar-refractivity contribution < 1.29 is 9.18 Å². The van der Waals surface area contributed by atoms with Crippen LogP contribution in [0.5, 0.6) is 0 Å². The van der Waals surface area contributed by atoms with Crippen LogP contribution in [-0.4, -0.2) is 42.7 Å². The highest BCUT2D eigenvalue weighted by molar-refractivity contribution is 5.98. The lowest BCUT2D eigenvalue weighted by Crippen LogP contribution is -2.44. The molecule has 1 amide bonds. The van der Waals surface area contributed by atoms with Gasteiger partial charge in [0, 0.05) is 50.3 Å². The number of piperazine rings is 1. The van der Waals surface area contributed by atoms with Gasteiger partial charge in [-0.3, -0.25) is 9.59 Å². The van der Waals surface area contributed by atoms with E-state index in [4.69, 9.17) is 0 Å². The molecule has 6 nitrogen and oxygen atoms in total. The van der Waals surface area contributed by atoms with Crippen molar-refractivity contribution in [3.63, 3.8) is 0 Å². The molecule has 1 aliphatic heterocycles. The van der Waals surface area contributed by atoms with Crippen LogP contribution in [0.25, 0.3) is 10.9 Å². The van der Waals surface area contributed by atoms with Crippen LogP contribution in [-0.2, 0) is 6.54 Å². The summed E-state index contributed by atoms with van der Waals surface area (Å²) < 4.78 is 16.6. The van der Waals surface area contributed by atoms with E-state index in [-0.39, 0.29) is 17.0 Å². The fourth-order valence-electron chi connectivity index (χ4n) is 3.37. The average Bonchev–Trinajstić information content (AvgIpc) is 2.68. The first kappa shape index (κ1) is 19.4. The summed E-state index contributed by atoms with van der Waals surface area (Å²) in [5.74, 6) is -0.839. The largest absolute Gasteiger partial charge is 0.367 e. The van der Waals surface area contributed by atoms with Crippen LogP contribution in [0.4, 0.5) is 10.1 Å². The molecule has 0 radical (unpaired) electrons. The summed E-state index contributed by atoms with van der Waals surface area (Å²) in [6.07, 6.45) is 2.35. The van der Waals surface area contributed by atoms with E-state index in [0.717, 1.165) is 19.5 Å². The molecule has 1 aliphatic rings. The number of amides is 1. The molecular weight excluding hydrogens is 347 g/mol. The Hall–Kier alpha value is -2.41. The Morgan fingerprint density at radius 3 is 2.63 bits per heavy atom. The minimum atomic E-state index is -0.429. The Morgan fingerprint density at radius 2 is 2.00 bits per heavy atom. The lowest BCUT2D eigenvalue weighted by Gasteiger charge is -2.30. The number of pyridine rings is 1. The fourth-order valence-corrected chi connectivity index (χ4v) is 3.37. The third kappa shape index (κ3) is 3.83. The Kier molecular flexibility index (Phi) is 5.79. The normalized spacial score (nSPS) is 15.8. The molecule has 146 valence electrons. The maximum Gasteiger partial charge on any atom is 0.256 e. The number of halogens is 1. The van der Waals surface area contributed by atoms with E-state index in [1.165, 1.54) is 6.07 Å². The van der Waals surface area contributed by atoms with Gasteiger partial charge in [0.2, 0.25) is 5.43 Å². The zero-order valence-corrected chi connectivity index (χ0v) is 16.1. The Bertz CT molecular complexity index is 903. The third-order valence-corrected chi connectivity index (χ3v) is 5.18. The summed E-state index contributed by atoms with van der Waals surface area (Å²) in [5.41, 5.74) is 0.778. The van der Waals surface area contributed by atoms with Crippen molar-refractivity contribution in [2.75, 3.05) is 31.1 Å². The molecule has 2 N–H and O–H groups in total. The van der Waals surface area contributed by atoms with Crippen molar-refractivity contribution in [2.45, 2.75) is 39.8 Å². The molecule has 1 aromatic heterocycles. The molecule has 3 rings (SSSR count). The first-order valence-electron chi connectivity index (χ1n) is 9.59. The Morgan fingerprint density at radius 1 is 1.30 bits per heavy atom. The highest BCUT2D eigenvalue weighted by Gasteiger charge is 2.20. The van der Waals surface area contributed by atoms with Crippen molar-refractivity contribution >= 4 is 22.5 Å². The van der Waals surface area contributed by atoms with E-state index in [2.05, 4.69) is 10.6 Å². The minimum Gasteiger partial charge on any atom is -0.367 e. The van der Waals surface area contributed by atoms with Crippen LogP contribution < -0.4 is 21.0 Å². The number of hydrogen-bond acceptors (Lipinski definition) is 4. The molecule has 2 heterocycles. The van der Waals surface area contributed by atoms with Crippen LogP contribution in [0.3, 0.4) is 0 Å². The van der Waals surface area contributed by atoms with Crippen molar-refractivity contribution in [3.05, 3.63) is 39.9 Å². The zero-order valence-electron chi connectivity index (χ0n) is 16.1. The van der Waals surface area contributed by atoms with Crippen LogP contribution in [0.1, 0.15) is 37.6 Å². The van der Waals surface area contributed by atoms with Crippen molar-refractivity contribution in [3.8, 4) is 0 Å². The van der Waals surface area contributed by atoms with Gasteiger partial charge in [0.15, 0.2) is 0 Å². The van der Waals surface area contributed by atoms with Crippen LogP contribution in [0.2, 0.25) is 0 Å². The molecule has 0 saturated carbocycles. The highest BCUT2D eigenvalue weighted by atomic mass is 19.1. The third-order valence-electron chi connectivity index (χ3n) is 5.18. The number of anilines is 1. The van der Waals surface area contributed by atoms with Crippen molar-refractivity contribution in [2.24, 2.45) is 0 Å². The van der Waals surface area contributed by atoms with Gasteiger partial charge >= 0.3 is 0 Å². The number of carbonyl (C=O) groups is 1. The van der Waals surface area contributed by atoms with Gasteiger partial charge in [0.05, 0.1) is 11.2 Å². The average molecular weight is 374 g/mol. The Labute approximate surface area is 158 Å². The maximum absolute atomic E-state index is 14.8. The molecule has 27 heavy (non-hydrogen) atoms. The number of carbonyl (C=O) groups excluding carboxylic acids is 1. The van der Waals surface area contributed by atoms with E-state index in [1.54, 1.807) is 12.3 Å². The van der Waals surface area contributed by atoms with E-state index in [1.807, 2.05) is 30.2 Å². The summed E-state index contributed by atoms with van der Waals surface area (Å²) in [6, 6.07) is 2.98. The SMILES string of the molecule is CC[C@@H](C)NC(=O)c1cn(CC)c2cc(N3CCNCC3)c(F)cc2c1=O. The smallest absolute Gasteiger partial charge is 0.256 e. The predicted octanol–water partition coefficient (Wildman–Crippen LogP) is 2.10. The molecule has 2 aromatic rings. The van der Waals surface area contributed by atoms with Gasteiger partial charge in [-0.05, 0) is 32.4 Å². The number of hydrogen-bond donors (Lipinski definition) is 2. The summed E-state index contributed by atoms with van der Waals surface area (Å²) in [6.45, 7) is 9.39. The second kappa shape index (κ2) is 8.08. The van der Waals surface area contributed by atoms with Crippen LogP contribution in [0, 0.1) is 5.82 Å². The second-order valence-electron chi connectivity index (χ2n) is 7.00. The monoisotopic (exact) mass is 374 g/mol. The van der Waals surface area contributed by atoms with Crippen molar-refractivity contribution in [1.82, 2.24) is 15.2 Å². The lowest BCUT2D eigenvalue weighted by molar-refractivity contribution is 0.0937. The number of nitrogens with one attached hydrogen (secondary N) is 2. The molecule has 1 aromatic carbocycles. The van der Waals surface area contributed by atoms with Gasteiger partial charge in [-0.1, -0.05) is 6.92 Å². The number of rotatable bonds is 5. The van der Waals surface area contributed by atoms with Gasteiger partial charge in [0.25, 0.3) is 5.91 Å². The summed E-state index contributed by atoms with van der Waals surface area (Å²) >= 11 is 0. The quantitative estimate of drug-likeness (QED) is 0.841. The van der Waals surface area contributed by atoms with E-state index < -0.39 is 17.2 Å². The highest BCUT2D eigenvalue weighted by Crippen LogP contribution is 2.25. The molecule has 7 heteroatoms. The molecule has 1 fully saturated rings. The van der Waals surface area contributed by atoms with Gasteiger partial charge in [-0.25, -0.2) is 4.39 Å². The molecule has 0 bridgehead atoms. The number of aromatic nitrogens is 1. The number of nitrogens with zero attached hydrogens (tertiary/aromatic N) is 2. The summed E-state index contributed by atoms with van der Waals surface area (Å²) in [7, 11) is 0. The Balaban J connectivity index is 2.11. The lowest BCUT2D eigenvalue weighted by atomic mass is 10.1. The standard InChI is InChI=1S/C20H27FN4O2/c1-4-13(3)23-20(27)15-12-24(5-2)17-11-18(25-8-6-22-7-9-25)16(21)10-14(17)19(15)26/h10-13,22H,4-9H2,1-3H3,(H,23,27)/t13-/m1/s1. The summed E-state index contributed by atoms with van der Waals surface area (Å²) in [5, 5.41) is 6.31. The minimum absolute atomic E-state index is 0.0329. The molecule has 1 atom stereocenters. The fraction of sp³-hybridized carbons (Fsp3) is 0.500. The number of aryl methyl sites for hydroxylation is 1. The number of benzene rings is 1. The van der Waals surface area contributed by atoms with Gasteiger partial charge < -0.3 is 20.1 Å². The van der Waals surface area contributed by atoms with Crippen LogP contribution in [0.15, 0.2) is 23.1 Å². The predicted molar refractivity (Wildman–Crippen MR) is 106 cm³/mol. The molecule has 0 aliphatic carbocycles. The summed E-state index contributed by atoms with van der Waals surface area (Å²) in [4.78, 5) is 27.4. The first-order valence-corrected chi connectivity index (χ1v) is 9.59. The van der Waals surface area contributed by atoms with Gasteiger partial charge in [-0.2, -0.15) is 0 Å². The molecule has 1 saturated heterocycles. The zero-order chi connectivity index (χ0) is 19.6. The van der Waals surface area contributed by atoms with E-state index in [0.29, 0.717) is 30.8 Å². The first-order chi connectivity index (χ1) is 13.0. The van der Waals surface area contributed by atoms with Crippen molar-refractivity contribution in [1.29, 1.82) is 0 Å². The molecule has 0 spiro atoms. The topological polar surface area (TPSA) is 66.4 Å². The maximum atomic E-state index is 14.8. The second-order valence-corrected chi connectivity index (χ2v) is 7.00. The number of fused-ring (bicyclic) bond motifs is 1. The van der Waals surface area contributed by atoms with E-state index in [9.17, 15) is 14.0 Å². The molecular formula is C20H27FN4O2. The van der Waals surface area contributed by atoms with Crippen LogP contribution >= 0.6 is 0 Å². The van der Waals surface area contributed by atoms with E-state index >= 15 is 0 Å².